The number of halogens is 1. The third kappa shape index (κ3) is 20.3. The van der Waals surface area contributed by atoms with Gasteiger partial charge in [-0.2, -0.15) is 0 Å². The second-order valence-electron chi connectivity index (χ2n) is 25.5. The Morgan fingerprint density at radius 2 is 1.52 bits per heavy atom. The number of aliphatic carboxylic acids is 1. The number of nitrogens with one attached hydrogen (secondary N) is 7. The molecule has 0 fully saturated rings. The Labute approximate surface area is 577 Å². The van der Waals surface area contributed by atoms with E-state index in [1.165, 1.54) is 28.8 Å². The Bertz CT molecular complexity index is 3780. The van der Waals surface area contributed by atoms with Crippen LogP contribution in [0.5, 0.6) is 0 Å². The van der Waals surface area contributed by atoms with Gasteiger partial charge in [0.2, 0.25) is 29.5 Å². The minimum absolute atomic E-state index is 0.0341. The van der Waals surface area contributed by atoms with Gasteiger partial charge in [0.25, 0.3) is 5.56 Å². The fourth-order valence-electron chi connectivity index (χ4n) is 12.4. The molecule has 2 aliphatic carbocycles. The summed E-state index contributed by atoms with van der Waals surface area (Å²) in [5.74, 6) is 0.336. The normalized spacial score (nSPS) is 18.2. The predicted molar refractivity (Wildman–Crippen MR) is 359 cm³/mol. The monoisotopic (exact) mass is 1390 g/mol. The van der Waals surface area contributed by atoms with Crippen molar-refractivity contribution in [1.29, 1.82) is 0 Å². The zero-order valence-electron chi connectivity index (χ0n) is 57.1. The van der Waals surface area contributed by atoms with Crippen molar-refractivity contribution in [2.75, 3.05) is 77.9 Å². The van der Waals surface area contributed by atoms with Gasteiger partial charge in [0.1, 0.15) is 49.9 Å². The van der Waals surface area contributed by atoms with Gasteiger partial charge in [-0.3, -0.25) is 33.6 Å². The quantitative estimate of drug-likeness (QED) is 0.0153. The number of carbonyl (C=O) groups is 9. The number of carboxylic acids is 1. The number of nitrogens with two attached hydrogens (primary N) is 1. The van der Waals surface area contributed by atoms with E-state index in [4.69, 9.17) is 43.9 Å². The zero-order chi connectivity index (χ0) is 72.1. The number of carbonyl (C=O) groups excluding carboxylic acids is 8. The lowest BCUT2D eigenvalue weighted by Crippen LogP contribution is -2.54. The minimum atomic E-state index is -2.12. The van der Waals surface area contributed by atoms with E-state index < -0.39 is 101 Å². The number of nitrogens with zero attached hydrogens (tertiary/aromatic N) is 2. The number of benzene rings is 2. The summed E-state index contributed by atoms with van der Waals surface area (Å²) in [5.41, 5.74) is 4.98. The number of rotatable bonds is 37. The summed E-state index contributed by atoms with van der Waals surface area (Å²) < 4.78 is 55.7. The molecular formula is C70H91FN10O19. The third-order valence-corrected chi connectivity index (χ3v) is 17.9. The number of hydrogen-bond acceptors (Lipinski definition) is 19. The number of primary amides is 1. The molecule has 2 aromatic carbocycles. The first-order valence-corrected chi connectivity index (χ1v) is 33.9. The van der Waals surface area contributed by atoms with Crippen LogP contribution in [-0.2, 0) is 104 Å². The molecule has 0 saturated heterocycles. The van der Waals surface area contributed by atoms with Crippen molar-refractivity contribution in [3.8, 4) is 23.2 Å². The maximum Gasteiger partial charge on any atom is 0.408 e. The molecule has 2 aromatic heterocycles. The minimum Gasteiger partial charge on any atom is -0.481 e. The van der Waals surface area contributed by atoms with Gasteiger partial charge < -0.3 is 90.9 Å². The Kier molecular flexibility index (Phi) is 27.8. The second kappa shape index (κ2) is 36.3. The lowest BCUT2D eigenvalue weighted by molar-refractivity contribution is -0.172. The van der Waals surface area contributed by atoms with Crippen molar-refractivity contribution >= 4 is 70.2 Å². The fraction of sp³-hybridized carbons (Fsp3) is 0.557. The Morgan fingerprint density at radius 3 is 2.21 bits per heavy atom. The number of amides is 8. The molecule has 8 amide bonds. The molecule has 11 N–H and O–H groups in total. The van der Waals surface area contributed by atoms with Crippen molar-refractivity contribution in [3.63, 3.8) is 0 Å². The molecule has 100 heavy (non-hydrogen) atoms. The number of anilines is 1. The number of esters is 1. The Hall–Kier alpha value is -9.12. The van der Waals surface area contributed by atoms with Crippen LogP contribution in [0.4, 0.5) is 19.7 Å². The first-order valence-electron chi connectivity index (χ1n) is 33.9. The first kappa shape index (κ1) is 76.6. The van der Waals surface area contributed by atoms with Crippen molar-refractivity contribution < 1.29 is 90.9 Å². The van der Waals surface area contributed by atoms with Crippen LogP contribution < -0.4 is 48.5 Å². The Morgan fingerprint density at radius 1 is 0.820 bits per heavy atom. The summed E-state index contributed by atoms with van der Waals surface area (Å²) in [5, 5.41) is 40.8. The molecule has 0 spiro atoms. The number of aryl methyl sites for hydroxylation is 1. The number of fused-ring (bicyclic) bond motifs is 5. The third-order valence-electron chi connectivity index (χ3n) is 17.9. The standard InChI is InChI=1S/C70H91FN10O19/c1-6-70(93)49-35-54-61-47(37-81(54)65(89)48(49)39-99-66(70)90)59-58-46(42(4)50(71)36-53(58)76-61)22-24-69(59,5)80-63(87)52(20-21-57(84)85)78-68(92)100-38-43-16-18-44(19-17-43)75-62(86)51(15-12-25-74-67(72)91)77-64(88)60(41(2)3)79-55(82)23-27-94-29-31-96-33-34-97-32-30-95-28-26-73-56(83)40-98-45-13-10-8-7-9-11-14-45/h16-19,35-36,41,45,51-52,60,93H,6-10,12-13,15,20-34,37-40H2,1-5H3,(H,73,83)(H,75,86)(H,77,88)(H,78,92)(H,79,82)(H,80,87)(H,84,85)(H3,72,74,91)/t45?,51-,52-,60-,69+,70-/m0/s1. The van der Waals surface area contributed by atoms with Gasteiger partial charge in [-0.1, -0.05) is 45.2 Å². The topological polar surface area (TPSA) is 404 Å². The molecule has 1 unspecified atom stereocenters. The summed E-state index contributed by atoms with van der Waals surface area (Å²) in [4.78, 5) is 136. The molecule has 0 radical (unpaired) electrons. The van der Waals surface area contributed by atoms with Crippen molar-refractivity contribution in [1.82, 2.24) is 41.5 Å². The number of aliphatic hydroxyl groups is 1. The molecule has 2 aliphatic heterocycles. The zero-order valence-corrected chi connectivity index (χ0v) is 57.1. The van der Waals surface area contributed by atoms with Gasteiger partial charge in [0.05, 0.1) is 87.4 Å². The smallest absolute Gasteiger partial charge is 0.408 e. The lowest BCUT2D eigenvalue weighted by Gasteiger charge is -2.39. The van der Waals surface area contributed by atoms with Crippen LogP contribution in [0.25, 0.3) is 22.3 Å². The summed E-state index contributed by atoms with van der Waals surface area (Å²) in [7, 11) is 0. The molecule has 6 atom stereocenters. The van der Waals surface area contributed by atoms with E-state index >= 15 is 4.39 Å². The van der Waals surface area contributed by atoms with Crippen LogP contribution in [0, 0.1) is 30.5 Å². The highest BCUT2D eigenvalue weighted by Gasteiger charge is 2.47. The number of alkyl carbamates (subject to hydrolysis) is 1. The molecule has 0 bridgehead atoms. The van der Waals surface area contributed by atoms with Gasteiger partial charge in [-0.05, 0) is 118 Å². The number of ether oxygens (including phenoxy) is 7. The van der Waals surface area contributed by atoms with E-state index in [2.05, 4.69) is 49.1 Å². The van der Waals surface area contributed by atoms with Crippen LogP contribution in [0.2, 0.25) is 0 Å². The van der Waals surface area contributed by atoms with Crippen LogP contribution >= 0.6 is 0 Å². The van der Waals surface area contributed by atoms with E-state index in [1.54, 1.807) is 46.8 Å². The molecule has 4 aromatic rings. The van der Waals surface area contributed by atoms with Gasteiger partial charge in [0, 0.05) is 60.6 Å². The van der Waals surface area contributed by atoms with Crippen molar-refractivity contribution in [3.05, 3.63) is 91.5 Å². The molecule has 8 rings (SSSR count). The maximum absolute atomic E-state index is 15.7. The molecule has 0 saturated carbocycles. The second-order valence-corrected chi connectivity index (χ2v) is 25.5. The molecule has 30 heteroatoms. The molecule has 4 heterocycles. The number of aromatic nitrogens is 2. The highest BCUT2D eigenvalue weighted by molar-refractivity contribution is 5.99. The highest BCUT2D eigenvalue weighted by Crippen LogP contribution is 2.48. The van der Waals surface area contributed by atoms with Gasteiger partial charge in [-0.15, -0.1) is 5.92 Å². The van der Waals surface area contributed by atoms with E-state index in [0.717, 1.165) is 32.1 Å². The van der Waals surface area contributed by atoms with E-state index in [1.807, 2.05) is 0 Å². The van der Waals surface area contributed by atoms with Gasteiger partial charge in [-0.25, -0.2) is 23.8 Å². The molecule has 4 aliphatic rings. The predicted octanol–water partition coefficient (Wildman–Crippen LogP) is 3.90. The maximum atomic E-state index is 15.7. The summed E-state index contributed by atoms with van der Waals surface area (Å²) >= 11 is 0. The fourth-order valence-corrected chi connectivity index (χ4v) is 12.4. The van der Waals surface area contributed by atoms with E-state index in [0.29, 0.717) is 72.8 Å². The summed E-state index contributed by atoms with van der Waals surface area (Å²) in [6.07, 6.45) is 3.34. The Balaban J connectivity index is 0.789. The van der Waals surface area contributed by atoms with Crippen LogP contribution in [0.15, 0.2) is 41.2 Å². The van der Waals surface area contributed by atoms with Crippen LogP contribution in [0.3, 0.4) is 0 Å². The number of cyclic esters (lactones) is 1. The molecular weight excluding hydrogens is 1300 g/mol. The highest BCUT2D eigenvalue weighted by atomic mass is 19.1. The first-order chi connectivity index (χ1) is 47.9. The molecule has 542 valence electrons. The van der Waals surface area contributed by atoms with Crippen LogP contribution in [-0.4, -0.2) is 170 Å². The van der Waals surface area contributed by atoms with Crippen LogP contribution in [0.1, 0.15) is 144 Å². The number of urea groups is 1. The largest absolute Gasteiger partial charge is 0.481 e. The van der Waals surface area contributed by atoms with Gasteiger partial charge >= 0.3 is 24.1 Å². The molecule has 29 nitrogen and oxygen atoms in total. The average molecular weight is 1400 g/mol. The van der Waals surface area contributed by atoms with E-state index in [9.17, 15) is 58.2 Å². The van der Waals surface area contributed by atoms with Crippen molar-refractivity contribution in [2.24, 2.45) is 11.7 Å². The number of pyridine rings is 2. The number of carboxylic acid groups (broad SMARTS) is 1. The summed E-state index contributed by atoms with van der Waals surface area (Å²) in [6.45, 7) is 10.1. The summed E-state index contributed by atoms with van der Waals surface area (Å²) in [6, 6.07) is 4.46. The number of hydrogen-bond donors (Lipinski definition) is 10. The van der Waals surface area contributed by atoms with Gasteiger partial charge in [0.15, 0.2) is 5.60 Å². The van der Waals surface area contributed by atoms with Crippen molar-refractivity contribution in [2.45, 2.75) is 173 Å². The van der Waals surface area contributed by atoms with E-state index in [-0.39, 0.29) is 143 Å². The average Bonchev–Trinajstić information content (AvgIpc) is 1.45. The lowest BCUT2D eigenvalue weighted by atomic mass is 9.74. The SMILES string of the molecule is CC[C@@]1(O)C(=O)OCc2c1cc1n(c2=O)Cc2c-1nc1cc(F)c(C)c3c1c2[C@](C)(NC(=O)[C@H](CCC(=O)O)NC(=O)OCc1ccc(NC(=O)[C@H](CCCNC(N)=O)NC(=O)[C@@H](NC(=O)CCOCCOCCOCCOCCNC(=O)COC2C#CCCCCC2)C(C)C)cc1)CC3.